The molecule has 2 fully saturated rings. The zero-order chi connectivity index (χ0) is 25.2. The van der Waals surface area contributed by atoms with Crippen LogP contribution in [0.15, 0.2) is 48.5 Å². The third-order valence-corrected chi connectivity index (χ3v) is 7.17. The molecule has 3 N–H and O–H groups in total. The minimum absolute atomic E-state index is 0.0424. The number of aliphatic carboxylic acids is 1. The van der Waals surface area contributed by atoms with E-state index in [0.29, 0.717) is 18.0 Å². The summed E-state index contributed by atoms with van der Waals surface area (Å²) in [5, 5.41) is 14.2. The molecule has 2 saturated carbocycles. The average Bonchev–Trinajstić information content (AvgIpc) is 2.81. The Labute approximate surface area is 200 Å². The predicted octanol–water partition coefficient (Wildman–Crippen LogP) is 6.30. The van der Waals surface area contributed by atoms with Gasteiger partial charge in [0.2, 0.25) is 0 Å². The molecule has 0 heterocycles. The van der Waals surface area contributed by atoms with E-state index >= 15 is 0 Å². The normalized spacial score (nSPS) is 24.4. The summed E-state index contributed by atoms with van der Waals surface area (Å²) in [5.41, 5.74) is 1.13. The first-order chi connectivity index (χ1) is 16.6. The number of nitrogens with one attached hydrogen (secondary N) is 2. The largest absolute Gasteiger partial charge is 0.481 e. The first-order valence-corrected chi connectivity index (χ1v) is 11.7. The van der Waals surface area contributed by atoms with Crippen molar-refractivity contribution in [3.63, 3.8) is 0 Å². The van der Waals surface area contributed by atoms with Crippen molar-refractivity contribution in [3.05, 3.63) is 59.7 Å². The number of rotatable bonds is 5. The number of carboxylic acid groups (broad SMARTS) is 1. The molecule has 6 nitrogen and oxygen atoms in total. The molecule has 4 rings (SSSR count). The number of hydrogen-bond acceptors (Lipinski definition) is 3. The Morgan fingerprint density at radius 2 is 1.49 bits per heavy atom. The highest BCUT2D eigenvalue weighted by molar-refractivity contribution is 5.99. The second-order valence-corrected chi connectivity index (χ2v) is 9.43. The summed E-state index contributed by atoms with van der Waals surface area (Å²) in [5.74, 6) is -0.629. The maximum atomic E-state index is 12.7. The molecule has 2 aliphatic carbocycles. The van der Waals surface area contributed by atoms with Gasteiger partial charge >= 0.3 is 18.2 Å². The van der Waals surface area contributed by atoms with Crippen molar-refractivity contribution in [2.45, 2.75) is 50.6 Å². The minimum atomic E-state index is -4.43. The van der Waals surface area contributed by atoms with Crippen molar-refractivity contribution in [2.24, 2.45) is 17.8 Å². The smallest absolute Gasteiger partial charge is 0.416 e. The van der Waals surface area contributed by atoms with E-state index in [4.69, 9.17) is 5.11 Å². The summed E-state index contributed by atoms with van der Waals surface area (Å²) >= 11 is 0. The van der Waals surface area contributed by atoms with Gasteiger partial charge in [0.25, 0.3) is 0 Å². The molecule has 4 atom stereocenters. The van der Waals surface area contributed by atoms with Gasteiger partial charge in [-0.1, -0.05) is 12.1 Å². The predicted molar refractivity (Wildman–Crippen MR) is 124 cm³/mol. The van der Waals surface area contributed by atoms with Crippen LogP contribution in [0.3, 0.4) is 0 Å². The number of alkyl halides is 3. The Morgan fingerprint density at radius 1 is 0.886 bits per heavy atom. The maximum Gasteiger partial charge on any atom is 0.416 e. The summed E-state index contributed by atoms with van der Waals surface area (Å²) in [6.45, 7) is 0. The van der Waals surface area contributed by atoms with Crippen LogP contribution in [0.1, 0.15) is 55.6 Å². The van der Waals surface area contributed by atoms with Gasteiger partial charge in [0.15, 0.2) is 0 Å². The number of urea groups is 1. The van der Waals surface area contributed by atoms with Gasteiger partial charge in [-0.05, 0) is 85.9 Å². The van der Waals surface area contributed by atoms with E-state index in [1.807, 2.05) is 12.1 Å². The Morgan fingerprint density at radius 3 is 2.06 bits per heavy atom. The lowest BCUT2D eigenvalue weighted by Gasteiger charge is -2.41. The number of carbonyl (C=O) groups is 3. The van der Waals surface area contributed by atoms with Gasteiger partial charge < -0.3 is 15.7 Å². The Balaban J connectivity index is 1.30. The van der Waals surface area contributed by atoms with Crippen LogP contribution in [0.2, 0.25) is 0 Å². The fourth-order valence-corrected chi connectivity index (χ4v) is 5.41. The number of carboxylic acids is 1. The topological polar surface area (TPSA) is 95.5 Å². The van der Waals surface area contributed by atoms with Crippen LogP contribution in [-0.2, 0) is 15.8 Å². The molecule has 0 radical (unpaired) electrons. The number of ketones is 1. The SMILES string of the molecule is O=C(O)CC1CCC2CC(c3ccc(NC(=O)Nc4ccc(C(F)(F)F)cc4)cc3)CCC2C1=O. The lowest BCUT2D eigenvalue weighted by molar-refractivity contribution is -0.144. The Kier molecular flexibility index (Phi) is 7.14. The third-order valence-electron chi connectivity index (χ3n) is 7.17. The molecule has 4 unspecified atom stereocenters. The van der Waals surface area contributed by atoms with Crippen LogP contribution in [0.25, 0.3) is 0 Å². The number of fused-ring (bicyclic) bond motifs is 1. The van der Waals surface area contributed by atoms with Crippen LogP contribution in [0.5, 0.6) is 0 Å². The van der Waals surface area contributed by atoms with Gasteiger partial charge in [-0.2, -0.15) is 13.2 Å². The van der Waals surface area contributed by atoms with Gasteiger partial charge in [0.1, 0.15) is 5.78 Å². The molecule has 0 spiro atoms. The summed E-state index contributed by atoms with van der Waals surface area (Å²) in [6, 6.07) is 11.1. The quantitative estimate of drug-likeness (QED) is 0.460. The number of hydrogen-bond donors (Lipinski definition) is 3. The summed E-state index contributed by atoms with van der Waals surface area (Å²) < 4.78 is 38.0. The van der Waals surface area contributed by atoms with E-state index in [9.17, 15) is 27.6 Å². The van der Waals surface area contributed by atoms with Crippen molar-refractivity contribution in [1.82, 2.24) is 0 Å². The fourth-order valence-electron chi connectivity index (χ4n) is 5.41. The van der Waals surface area contributed by atoms with Crippen molar-refractivity contribution in [2.75, 3.05) is 10.6 Å². The first kappa shape index (κ1) is 24.8. The molecule has 2 aromatic carbocycles. The minimum Gasteiger partial charge on any atom is -0.481 e. The highest BCUT2D eigenvalue weighted by Gasteiger charge is 2.42. The molecule has 2 aliphatic rings. The van der Waals surface area contributed by atoms with Crippen LogP contribution >= 0.6 is 0 Å². The van der Waals surface area contributed by atoms with Crippen LogP contribution in [-0.4, -0.2) is 22.9 Å². The van der Waals surface area contributed by atoms with Crippen LogP contribution < -0.4 is 10.6 Å². The highest BCUT2D eigenvalue weighted by atomic mass is 19.4. The van der Waals surface area contributed by atoms with Crippen molar-refractivity contribution >= 4 is 29.2 Å². The highest BCUT2D eigenvalue weighted by Crippen LogP contribution is 2.46. The van der Waals surface area contributed by atoms with E-state index in [2.05, 4.69) is 10.6 Å². The molecular formula is C26H27F3N2O4. The molecule has 9 heteroatoms. The van der Waals surface area contributed by atoms with E-state index in [-0.39, 0.29) is 35.6 Å². The molecule has 186 valence electrons. The second kappa shape index (κ2) is 10.1. The van der Waals surface area contributed by atoms with E-state index < -0.39 is 23.7 Å². The van der Waals surface area contributed by atoms with Crippen LogP contribution in [0, 0.1) is 17.8 Å². The standard InChI is InChI=1S/C26H27F3N2O4/c27-26(28,29)19-6-10-21(11-7-19)31-25(35)30-20-8-3-15(4-9-20)16-5-12-22-17(13-16)1-2-18(24(22)34)14-23(32)33/h3-4,6-11,16-18,22H,1-2,5,12-14H2,(H,32,33)(H2,30,31,35). The molecule has 35 heavy (non-hydrogen) atoms. The molecule has 2 amide bonds. The average molecular weight is 489 g/mol. The van der Waals surface area contributed by atoms with E-state index in [0.717, 1.165) is 43.4 Å². The zero-order valence-electron chi connectivity index (χ0n) is 19.0. The number of amides is 2. The number of carbonyl (C=O) groups excluding carboxylic acids is 2. The molecule has 0 aliphatic heterocycles. The number of Topliss-reactive ketones (excluding diaryl/α,β-unsaturated/α-hetero) is 1. The van der Waals surface area contributed by atoms with Crippen molar-refractivity contribution < 1.29 is 32.7 Å². The fraction of sp³-hybridized carbons (Fsp3) is 0.423. The van der Waals surface area contributed by atoms with Gasteiger partial charge in [-0.25, -0.2) is 4.79 Å². The van der Waals surface area contributed by atoms with Crippen molar-refractivity contribution in [3.8, 4) is 0 Å². The lowest BCUT2D eigenvalue weighted by Crippen LogP contribution is -2.39. The van der Waals surface area contributed by atoms with Crippen LogP contribution in [0.4, 0.5) is 29.3 Å². The van der Waals surface area contributed by atoms with E-state index in [1.165, 1.54) is 12.1 Å². The maximum absolute atomic E-state index is 12.7. The van der Waals surface area contributed by atoms with Gasteiger partial charge in [-0.3, -0.25) is 9.59 Å². The van der Waals surface area contributed by atoms with Gasteiger partial charge in [-0.15, -0.1) is 0 Å². The zero-order valence-corrected chi connectivity index (χ0v) is 19.0. The summed E-state index contributed by atoms with van der Waals surface area (Å²) in [4.78, 5) is 36.0. The number of halogens is 3. The van der Waals surface area contributed by atoms with E-state index in [1.54, 1.807) is 12.1 Å². The Bertz CT molecular complexity index is 1080. The molecule has 0 bridgehead atoms. The van der Waals surface area contributed by atoms with Crippen molar-refractivity contribution in [1.29, 1.82) is 0 Å². The number of benzene rings is 2. The molecular weight excluding hydrogens is 461 g/mol. The first-order valence-electron chi connectivity index (χ1n) is 11.7. The van der Waals surface area contributed by atoms with Gasteiger partial charge in [0, 0.05) is 23.2 Å². The third kappa shape index (κ3) is 6.01. The Hall–Kier alpha value is -3.36. The van der Waals surface area contributed by atoms with Gasteiger partial charge in [0.05, 0.1) is 12.0 Å². The molecule has 0 saturated heterocycles. The second-order valence-electron chi connectivity index (χ2n) is 9.43. The molecule has 2 aromatic rings. The summed E-state index contributed by atoms with van der Waals surface area (Å²) in [6.07, 6.45) is -0.501. The summed E-state index contributed by atoms with van der Waals surface area (Å²) in [7, 11) is 0. The number of anilines is 2. The monoisotopic (exact) mass is 488 g/mol. The molecule has 0 aromatic heterocycles. The lowest BCUT2D eigenvalue weighted by atomic mass is 9.63.